The maximum atomic E-state index is 5.33. The van der Waals surface area contributed by atoms with Gasteiger partial charge in [-0.3, -0.25) is 4.98 Å². The van der Waals surface area contributed by atoms with E-state index < -0.39 is 0 Å². The van der Waals surface area contributed by atoms with Crippen molar-refractivity contribution in [3.05, 3.63) is 127 Å². The zero-order chi connectivity index (χ0) is 29.2. The fraction of sp³-hybridized carbons (Fsp3) is 0.150. The van der Waals surface area contributed by atoms with Crippen LogP contribution in [-0.4, -0.2) is 14.5 Å². The molecule has 0 amide bonds. The fourth-order valence-electron chi connectivity index (χ4n) is 6.62. The molecule has 6 aromatic carbocycles. The number of aromatic nitrogens is 3. The second-order valence-corrected chi connectivity index (χ2v) is 12.3. The summed E-state index contributed by atoms with van der Waals surface area (Å²) in [5.74, 6) is 0.906. The van der Waals surface area contributed by atoms with Crippen LogP contribution in [0.3, 0.4) is 0 Å². The monoisotopic (exact) mass is 555 g/mol. The van der Waals surface area contributed by atoms with Gasteiger partial charge in [0.2, 0.25) is 0 Å². The number of hydrogen-bond donors (Lipinski definition) is 0. The second-order valence-electron chi connectivity index (χ2n) is 12.3. The Morgan fingerprint density at radius 3 is 1.70 bits per heavy atom. The van der Waals surface area contributed by atoms with Crippen molar-refractivity contribution in [3.8, 4) is 16.9 Å². The molecule has 0 radical (unpaired) electrons. The first kappa shape index (κ1) is 25.7. The Morgan fingerprint density at radius 1 is 0.512 bits per heavy atom. The Labute approximate surface area is 251 Å². The van der Waals surface area contributed by atoms with Crippen LogP contribution in [0.25, 0.3) is 71.3 Å². The van der Waals surface area contributed by atoms with E-state index in [1.54, 1.807) is 0 Å². The van der Waals surface area contributed by atoms with E-state index in [1.807, 2.05) is 6.20 Å². The molecule has 3 nitrogen and oxygen atoms in total. The summed E-state index contributed by atoms with van der Waals surface area (Å²) < 4.78 is 2.35. The lowest BCUT2D eigenvalue weighted by atomic mass is 9.92. The topological polar surface area (TPSA) is 30.7 Å². The summed E-state index contributed by atoms with van der Waals surface area (Å²) in [6.45, 7) is 9.02. The van der Waals surface area contributed by atoms with Gasteiger partial charge in [-0.2, -0.15) is 0 Å². The van der Waals surface area contributed by atoms with Gasteiger partial charge in [0.05, 0.1) is 34.0 Å². The van der Waals surface area contributed by atoms with Gasteiger partial charge < -0.3 is 4.57 Å². The highest BCUT2D eigenvalue weighted by Crippen LogP contribution is 2.38. The van der Waals surface area contributed by atoms with Crippen LogP contribution in [0.2, 0.25) is 0 Å². The molecule has 0 N–H and O–H groups in total. The summed E-state index contributed by atoms with van der Waals surface area (Å²) in [6, 6.07) is 39.7. The number of rotatable bonds is 4. The van der Waals surface area contributed by atoms with Gasteiger partial charge in [-0.25, -0.2) is 4.98 Å². The van der Waals surface area contributed by atoms with Crippen LogP contribution in [0.4, 0.5) is 0 Å². The predicted molar refractivity (Wildman–Crippen MR) is 183 cm³/mol. The molecule has 8 rings (SSSR count). The molecule has 2 aromatic heterocycles. The first-order valence-corrected chi connectivity index (χ1v) is 15.2. The van der Waals surface area contributed by atoms with Gasteiger partial charge >= 0.3 is 0 Å². The van der Waals surface area contributed by atoms with Gasteiger partial charge in [-0.15, -0.1) is 0 Å². The molecule has 0 aliphatic heterocycles. The summed E-state index contributed by atoms with van der Waals surface area (Å²) in [6.07, 6.45) is 1.94. The molecule has 0 aliphatic rings. The molecular formula is C40H33N3. The van der Waals surface area contributed by atoms with E-state index in [1.165, 1.54) is 43.7 Å². The molecule has 0 spiro atoms. The van der Waals surface area contributed by atoms with Crippen molar-refractivity contribution in [2.75, 3.05) is 0 Å². The van der Waals surface area contributed by atoms with Crippen LogP contribution in [0.1, 0.15) is 50.7 Å². The van der Waals surface area contributed by atoms with Gasteiger partial charge in [0.1, 0.15) is 0 Å². The van der Waals surface area contributed by atoms with E-state index in [4.69, 9.17) is 9.97 Å². The molecular weight excluding hydrogens is 522 g/mol. The van der Waals surface area contributed by atoms with E-state index in [9.17, 15) is 0 Å². The first-order chi connectivity index (χ1) is 21.0. The van der Waals surface area contributed by atoms with Crippen LogP contribution in [-0.2, 0) is 0 Å². The predicted octanol–water partition coefficient (Wildman–Crippen LogP) is 10.9. The summed E-state index contributed by atoms with van der Waals surface area (Å²) >= 11 is 0. The molecule has 43 heavy (non-hydrogen) atoms. The van der Waals surface area contributed by atoms with Crippen LogP contribution >= 0.6 is 0 Å². The highest BCUT2D eigenvalue weighted by atomic mass is 15.0. The lowest BCUT2D eigenvalue weighted by Gasteiger charge is -2.15. The summed E-state index contributed by atoms with van der Waals surface area (Å²) in [5.41, 5.74) is 10.0. The quantitative estimate of drug-likeness (QED) is 0.202. The minimum atomic E-state index is 0.449. The van der Waals surface area contributed by atoms with Crippen molar-refractivity contribution >= 4 is 54.4 Å². The van der Waals surface area contributed by atoms with E-state index in [0.29, 0.717) is 11.8 Å². The van der Waals surface area contributed by atoms with Crippen LogP contribution in [0.15, 0.2) is 115 Å². The summed E-state index contributed by atoms with van der Waals surface area (Å²) in [4.78, 5) is 10.4. The highest BCUT2D eigenvalue weighted by molar-refractivity contribution is 6.23. The van der Waals surface area contributed by atoms with Crippen molar-refractivity contribution in [2.24, 2.45) is 0 Å². The number of hydrogen-bond acceptors (Lipinski definition) is 2. The third-order valence-corrected chi connectivity index (χ3v) is 8.97. The van der Waals surface area contributed by atoms with E-state index in [2.05, 4.69) is 141 Å². The van der Waals surface area contributed by atoms with E-state index in [0.717, 1.165) is 38.8 Å². The van der Waals surface area contributed by atoms with Gasteiger partial charge in [-0.05, 0) is 58.0 Å². The average Bonchev–Trinajstić information content (AvgIpc) is 3.38. The van der Waals surface area contributed by atoms with Crippen molar-refractivity contribution in [2.45, 2.75) is 39.5 Å². The Bertz CT molecular complexity index is 2300. The molecule has 8 aromatic rings. The van der Waals surface area contributed by atoms with Crippen molar-refractivity contribution in [1.29, 1.82) is 0 Å². The van der Waals surface area contributed by atoms with E-state index >= 15 is 0 Å². The van der Waals surface area contributed by atoms with Crippen LogP contribution < -0.4 is 0 Å². The average molecular weight is 556 g/mol. The third-order valence-electron chi connectivity index (χ3n) is 8.97. The van der Waals surface area contributed by atoms with Gasteiger partial charge in [-0.1, -0.05) is 113 Å². The third kappa shape index (κ3) is 4.03. The first-order valence-electron chi connectivity index (χ1n) is 15.2. The minimum Gasteiger partial charge on any atom is -0.309 e. The standard InChI is InChI=1S/C40H33N3/c1-24(2)26-16-18-32-34(21-26)35-22-27(25(3)4)17-19-33(35)40-39(32)41-23-36(42-40)28-10-9-11-29(20-28)43-37-14-7-5-12-30(37)31-13-6-8-15-38(31)43/h5-25H,1-4H3. The Kier molecular flexibility index (Phi) is 5.84. The van der Waals surface area contributed by atoms with Crippen molar-refractivity contribution < 1.29 is 0 Å². The number of para-hydroxylation sites is 2. The van der Waals surface area contributed by atoms with E-state index in [-0.39, 0.29) is 0 Å². The normalized spacial score (nSPS) is 12.1. The smallest absolute Gasteiger partial charge is 0.0979 e. The second kappa shape index (κ2) is 9.78. The van der Waals surface area contributed by atoms with Crippen LogP contribution in [0.5, 0.6) is 0 Å². The summed E-state index contributed by atoms with van der Waals surface area (Å²) in [5, 5.41) is 7.34. The zero-order valence-electron chi connectivity index (χ0n) is 25.0. The molecule has 0 bridgehead atoms. The maximum absolute atomic E-state index is 5.33. The molecule has 208 valence electrons. The highest BCUT2D eigenvalue weighted by Gasteiger charge is 2.16. The van der Waals surface area contributed by atoms with Gasteiger partial charge in [0.15, 0.2) is 0 Å². The fourth-order valence-corrected chi connectivity index (χ4v) is 6.62. The molecule has 0 aliphatic carbocycles. The largest absolute Gasteiger partial charge is 0.309 e. The maximum Gasteiger partial charge on any atom is 0.0979 e. The molecule has 0 saturated heterocycles. The summed E-state index contributed by atoms with van der Waals surface area (Å²) in [7, 11) is 0. The number of fused-ring (bicyclic) bond motifs is 9. The number of nitrogens with zero attached hydrogens (tertiary/aromatic N) is 3. The van der Waals surface area contributed by atoms with Crippen molar-refractivity contribution in [3.63, 3.8) is 0 Å². The van der Waals surface area contributed by atoms with Gasteiger partial charge in [0, 0.05) is 32.8 Å². The molecule has 3 heteroatoms. The molecule has 0 unspecified atom stereocenters. The number of benzene rings is 6. The Balaban J connectivity index is 1.36. The van der Waals surface area contributed by atoms with Crippen molar-refractivity contribution in [1.82, 2.24) is 14.5 Å². The Morgan fingerprint density at radius 2 is 1.09 bits per heavy atom. The van der Waals surface area contributed by atoms with Gasteiger partial charge in [0.25, 0.3) is 0 Å². The molecule has 2 heterocycles. The Hall–Kier alpha value is -5.02. The minimum absolute atomic E-state index is 0.449. The SMILES string of the molecule is CC(C)c1ccc2c(c1)c1cc(C(C)C)ccc1c1nc(-c3cccc(-n4c5ccccc5c5ccccc54)c3)cnc21. The molecule has 0 fully saturated rings. The molecule has 0 atom stereocenters. The lowest BCUT2D eigenvalue weighted by molar-refractivity contribution is 0.868. The van der Waals surface area contributed by atoms with Crippen LogP contribution in [0, 0.1) is 0 Å². The zero-order valence-corrected chi connectivity index (χ0v) is 25.0. The lowest BCUT2D eigenvalue weighted by Crippen LogP contribution is -1.97. The molecule has 0 saturated carbocycles.